The second kappa shape index (κ2) is 10.2. The summed E-state index contributed by atoms with van der Waals surface area (Å²) in [5.74, 6) is 0.102. The van der Waals surface area contributed by atoms with E-state index in [1.54, 1.807) is 24.3 Å². The average Bonchev–Trinajstić information content (AvgIpc) is 2.74. The number of amides is 1. The van der Waals surface area contributed by atoms with E-state index in [4.69, 9.17) is 0 Å². The predicted molar refractivity (Wildman–Crippen MR) is 108 cm³/mol. The summed E-state index contributed by atoms with van der Waals surface area (Å²) in [4.78, 5) is 12.1. The number of anilines is 1. The van der Waals surface area contributed by atoms with Crippen LogP contribution in [0.15, 0.2) is 66.7 Å². The maximum absolute atomic E-state index is 13.6. The van der Waals surface area contributed by atoms with Crippen LogP contribution in [0.3, 0.4) is 0 Å². The van der Waals surface area contributed by atoms with E-state index in [0.29, 0.717) is 30.9 Å². The van der Waals surface area contributed by atoms with Crippen molar-refractivity contribution < 1.29 is 9.18 Å². The van der Waals surface area contributed by atoms with Crippen LogP contribution in [0.5, 0.6) is 0 Å². The Kier molecular flexibility index (Phi) is 7.07. The molecule has 5 nitrogen and oxygen atoms in total. The van der Waals surface area contributed by atoms with Gasteiger partial charge in [0, 0.05) is 13.1 Å². The molecule has 2 N–H and O–H groups in total. The summed E-state index contributed by atoms with van der Waals surface area (Å²) in [6, 6.07) is 20.2. The number of nitrogens with zero attached hydrogens (tertiary/aromatic N) is 2. The van der Waals surface area contributed by atoms with E-state index >= 15 is 0 Å². The first kappa shape index (κ1) is 19.5. The van der Waals surface area contributed by atoms with Crippen LogP contribution >= 0.6 is 0 Å². The van der Waals surface area contributed by atoms with E-state index in [2.05, 4.69) is 33.0 Å². The number of carbonyl (C=O) groups is 1. The molecule has 2 aromatic carbocycles. The Morgan fingerprint density at radius 3 is 2.39 bits per heavy atom. The zero-order valence-corrected chi connectivity index (χ0v) is 15.6. The molecule has 0 saturated heterocycles. The third-order valence-electron chi connectivity index (χ3n) is 4.33. The highest BCUT2D eigenvalue weighted by Gasteiger charge is 2.08. The summed E-state index contributed by atoms with van der Waals surface area (Å²) in [6.45, 7) is 1.11. The van der Waals surface area contributed by atoms with Crippen molar-refractivity contribution in [2.24, 2.45) is 0 Å². The first-order valence-corrected chi connectivity index (χ1v) is 9.35. The van der Waals surface area contributed by atoms with Gasteiger partial charge in [0.05, 0.1) is 0 Å². The number of rotatable bonds is 9. The van der Waals surface area contributed by atoms with Crippen molar-refractivity contribution in [2.75, 3.05) is 18.4 Å². The monoisotopic (exact) mass is 378 g/mol. The normalized spacial score (nSPS) is 10.5. The number of benzene rings is 2. The molecule has 0 atom stereocenters. The standard InChI is InChI=1S/C22H23FN4O/c23-19-11-5-4-10-18(19)14-16-24-21-13-12-20(26-27-21)22(28)25-15-6-9-17-7-2-1-3-8-17/h1-5,7-8,10-13H,6,9,14-16H2,(H,24,27)(H,25,28). The highest BCUT2D eigenvalue weighted by atomic mass is 19.1. The number of aryl methyl sites for hydroxylation is 1. The minimum Gasteiger partial charge on any atom is -0.368 e. The molecule has 0 fully saturated rings. The van der Waals surface area contributed by atoms with E-state index in [9.17, 15) is 9.18 Å². The van der Waals surface area contributed by atoms with Gasteiger partial charge in [-0.15, -0.1) is 10.2 Å². The Balaban J connectivity index is 1.39. The third-order valence-corrected chi connectivity index (χ3v) is 4.33. The fraction of sp³-hybridized carbons (Fsp3) is 0.227. The van der Waals surface area contributed by atoms with Gasteiger partial charge in [-0.1, -0.05) is 48.5 Å². The fourth-order valence-corrected chi connectivity index (χ4v) is 2.80. The van der Waals surface area contributed by atoms with Crippen LogP contribution in [0, 0.1) is 5.82 Å². The molecule has 0 bridgehead atoms. The number of halogens is 1. The number of hydrogen-bond donors (Lipinski definition) is 2. The zero-order valence-electron chi connectivity index (χ0n) is 15.6. The van der Waals surface area contributed by atoms with Crippen molar-refractivity contribution in [2.45, 2.75) is 19.3 Å². The lowest BCUT2D eigenvalue weighted by Crippen LogP contribution is -2.26. The number of aromatic nitrogens is 2. The molecule has 0 unspecified atom stereocenters. The molecular weight excluding hydrogens is 355 g/mol. The summed E-state index contributed by atoms with van der Waals surface area (Å²) in [5, 5.41) is 13.9. The maximum Gasteiger partial charge on any atom is 0.271 e. The molecule has 1 amide bonds. The van der Waals surface area contributed by atoms with E-state index in [0.717, 1.165) is 12.8 Å². The van der Waals surface area contributed by atoms with Crippen LogP contribution in [-0.2, 0) is 12.8 Å². The molecule has 28 heavy (non-hydrogen) atoms. The fourth-order valence-electron chi connectivity index (χ4n) is 2.80. The largest absolute Gasteiger partial charge is 0.368 e. The Bertz CT molecular complexity index is 885. The molecule has 0 radical (unpaired) electrons. The Morgan fingerprint density at radius 1 is 0.857 bits per heavy atom. The van der Waals surface area contributed by atoms with Gasteiger partial charge < -0.3 is 10.6 Å². The van der Waals surface area contributed by atoms with Crippen LogP contribution in [0.4, 0.5) is 10.2 Å². The maximum atomic E-state index is 13.6. The Labute approximate surface area is 164 Å². The molecule has 0 aliphatic heterocycles. The van der Waals surface area contributed by atoms with Gasteiger partial charge in [0.25, 0.3) is 5.91 Å². The van der Waals surface area contributed by atoms with Gasteiger partial charge in [-0.3, -0.25) is 4.79 Å². The first-order valence-electron chi connectivity index (χ1n) is 9.35. The lowest BCUT2D eigenvalue weighted by molar-refractivity contribution is 0.0947. The van der Waals surface area contributed by atoms with Crippen molar-refractivity contribution in [3.8, 4) is 0 Å². The second-order valence-electron chi connectivity index (χ2n) is 6.42. The van der Waals surface area contributed by atoms with Crippen LogP contribution in [0.1, 0.15) is 28.0 Å². The topological polar surface area (TPSA) is 66.9 Å². The van der Waals surface area contributed by atoms with Crippen molar-refractivity contribution >= 4 is 11.7 Å². The molecule has 0 spiro atoms. The van der Waals surface area contributed by atoms with Gasteiger partial charge in [-0.2, -0.15) is 0 Å². The smallest absolute Gasteiger partial charge is 0.271 e. The van der Waals surface area contributed by atoms with Gasteiger partial charge in [-0.05, 0) is 48.6 Å². The minimum atomic E-state index is -0.238. The lowest BCUT2D eigenvalue weighted by atomic mass is 10.1. The van der Waals surface area contributed by atoms with E-state index < -0.39 is 0 Å². The summed E-state index contributed by atoms with van der Waals surface area (Å²) < 4.78 is 13.6. The minimum absolute atomic E-state index is 0.213. The van der Waals surface area contributed by atoms with Gasteiger partial charge in [0.2, 0.25) is 0 Å². The van der Waals surface area contributed by atoms with Crippen molar-refractivity contribution in [3.05, 3.63) is 89.4 Å². The molecule has 144 valence electrons. The van der Waals surface area contributed by atoms with Gasteiger partial charge in [-0.25, -0.2) is 4.39 Å². The molecule has 3 aromatic rings. The number of carbonyl (C=O) groups excluding carboxylic acids is 1. The van der Waals surface area contributed by atoms with Gasteiger partial charge >= 0.3 is 0 Å². The molecule has 0 aliphatic carbocycles. The SMILES string of the molecule is O=C(NCCCc1ccccc1)c1ccc(NCCc2ccccc2F)nn1. The van der Waals surface area contributed by atoms with E-state index in [1.165, 1.54) is 11.6 Å². The average molecular weight is 378 g/mol. The predicted octanol–water partition coefficient (Wildman–Crippen LogP) is 3.63. The summed E-state index contributed by atoms with van der Waals surface area (Å²) in [7, 11) is 0. The second-order valence-corrected chi connectivity index (χ2v) is 6.42. The van der Waals surface area contributed by atoms with Crippen molar-refractivity contribution in [1.82, 2.24) is 15.5 Å². The number of hydrogen-bond acceptors (Lipinski definition) is 4. The molecule has 1 aromatic heterocycles. The highest BCUT2D eigenvalue weighted by Crippen LogP contribution is 2.08. The van der Waals surface area contributed by atoms with Gasteiger partial charge in [0.1, 0.15) is 11.6 Å². The van der Waals surface area contributed by atoms with Crippen LogP contribution in [0.25, 0.3) is 0 Å². The molecule has 0 saturated carbocycles. The zero-order chi connectivity index (χ0) is 19.6. The van der Waals surface area contributed by atoms with Crippen LogP contribution < -0.4 is 10.6 Å². The quantitative estimate of drug-likeness (QED) is 0.558. The molecule has 6 heteroatoms. The third kappa shape index (κ3) is 5.87. The molecule has 0 aliphatic rings. The van der Waals surface area contributed by atoms with Crippen LogP contribution in [0.2, 0.25) is 0 Å². The molecule has 1 heterocycles. The molecular formula is C22H23FN4O. The summed E-state index contributed by atoms with van der Waals surface area (Å²) in [6.07, 6.45) is 2.31. The highest BCUT2D eigenvalue weighted by molar-refractivity contribution is 5.92. The molecule has 3 rings (SSSR count). The van der Waals surface area contributed by atoms with E-state index in [1.807, 2.05) is 24.3 Å². The Morgan fingerprint density at radius 2 is 1.64 bits per heavy atom. The van der Waals surface area contributed by atoms with Crippen molar-refractivity contribution in [3.63, 3.8) is 0 Å². The van der Waals surface area contributed by atoms with E-state index in [-0.39, 0.29) is 17.4 Å². The Hall–Kier alpha value is -3.28. The van der Waals surface area contributed by atoms with Crippen molar-refractivity contribution in [1.29, 1.82) is 0 Å². The lowest BCUT2D eigenvalue weighted by Gasteiger charge is -2.07. The first-order chi connectivity index (χ1) is 13.7. The summed E-state index contributed by atoms with van der Waals surface area (Å²) >= 11 is 0. The van der Waals surface area contributed by atoms with Crippen LogP contribution in [-0.4, -0.2) is 29.2 Å². The summed E-state index contributed by atoms with van der Waals surface area (Å²) in [5.41, 5.74) is 2.18. The number of nitrogens with one attached hydrogen (secondary N) is 2. The van der Waals surface area contributed by atoms with Gasteiger partial charge in [0.15, 0.2) is 5.69 Å².